The maximum atomic E-state index is 10.9. The van der Waals surface area contributed by atoms with Crippen LogP contribution >= 0.6 is 22.7 Å². The van der Waals surface area contributed by atoms with Gasteiger partial charge in [-0.3, -0.25) is 4.98 Å². The van der Waals surface area contributed by atoms with Gasteiger partial charge in [-0.15, -0.1) is 22.7 Å². The minimum atomic E-state index is -0.972. The van der Waals surface area contributed by atoms with E-state index in [9.17, 15) is 4.79 Å². The number of hydrogen-bond acceptors (Lipinski definition) is 6. The Morgan fingerprint density at radius 1 is 1.11 bits per heavy atom. The lowest BCUT2D eigenvalue weighted by Gasteiger charge is -1.97. The van der Waals surface area contributed by atoms with E-state index in [-0.39, 0.29) is 5.56 Å². The normalized spacial score (nSPS) is 10.5. The van der Waals surface area contributed by atoms with Gasteiger partial charge in [0.05, 0.1) is 11.3 Å². The first-order valence-corrected chi connectivity index (χ1v) is 7.05. The molecular formula is C12H7N3O2S2. The van der Waals surface area contributed by atoms with E-state index in [1.165, 1.54) is 41.0 Å². The third-order valence-corrected chi connectivity index (χ3v) is 4.04. The molecule has 0 amide bonds. The largest absolute Gasteiger partial charge is 0.478 e. The highest BCUT2D eigenvalue weighted by Crippen LogP contribution is 2.28. The van der Waals surface area contributed by atoms with Gasteiger partial charge in [0.2, 0.25) is 0 Å². The maximum Gasteiger partial charge on any atom is 0.335 e. The lowest BCUT2D eigenvalue weighted by molar-refractivity contribution is 0.0697. The Balaban J connectivity index is 1.99. The second-order valence-electron chi connectivity index (χ2n) is 3.61. The number of carbonyl (C=O) groups is 1. The van der Waals surface area contributed by atoms with E-state index < -0.39 is 5.97 Å². The van der Waals surface area contributed by atoms with Gasteiger partial charge in [0.25, 0.3) is 0 Å². The number of carboxylic acids is 1. The van der Waals surface area contributed by atoms with Crippen molar-refractivity contribution in [1.82, 2.24) is 15.0 Å². The summed E-state index contributed by atoms with van der Waals surface area (Å²) in [5.74, 6) is -0.972. The van der Waals surface area contributed by atoms with E-state index >= 15 is 0 Å². The van der Waals surface area contributed by atoms with E-state index in [4.69, 9.17) is 5.11 Å². The molecule has 0 aliphatic rings. The molecule has 3 rings (SSSR count). The molecule has 3 aromatic heterocycles. The lowest BCUT2D eigenvalue weighted by atomic mass is 10.2. The first-order chi connectivity index (χ1) is 9.24. The molecule has 1 N–H and O–H groups in total. The third-order valence-electron chi connectivity index (χ3n) is 2.38. The number of thiazole rings is 2. The highest BCUT2D eigenvalue weighted by atomic mass is 32.1. The third kappa shape index (κ3) is 2.38. The first kappa shape index (κ1) is 11.9. The molecule has 5 nitrogen and oxygen atoms in total. The molecular weight excluding hydrogens is 282 g/mol. The summed E-state index contributed by atoms with van der Waals surface area (Å²) in [6.07, 6.45) is 3.20. The minimum Gasteiger partial charge on any atom is -0.478 e. The number of rotatable bonds is 3. The number of aromatic carboxylic acids is 1. The molecule has 0 saturated heterocycles. The van der Waals surface area contributed by atoms with E-state index in [1.807, 2.05) is 10.8 Å². The fraction of sp³-hybridized carbons (Fsp3) is 0. The van der Waals surface area contributed by atoms with Crippen LogP contribution in [0.3, 0.4) is 0 Å². The summed E-state index contributed by atoms with van der Waals surface area (Å²) in [5, 5.41) is 14.3. The van der Waals surface area contributed by atoms with Crippen molar-refractivity contribution in [2.24, 2.45) is 0 Å². The van der Waals surface area contributed by atoms with E-state index in [1.54, 1.807) is 6.20 Å². The second-order valence-corrected chi connectivity index (χ2v) is 5.36. The molecule has 0 aliphatic carbocycles. The molecule has 0 atom stereocenters. The minimum absolute atomic E-state index is 0.205. The van der Waals surface area contributed by atoms with E-state index in [0.717, 1.165) is 10.7 Å². The van der Waals surface area contributed by atoms with Crippen LogP contribution in [0.15, 0.2) is 35.3 Å². The Morgan fingerprint density at radius 2 is 2.00 bits per heavy atom. The van der Waals surface area contributed by atoms with Crippen LogP contribution in [0, 0.1) is 0 Å². The van der Waals surface area contributed by atoms with Crippen molar-refractivity contribution < 1.29 is 9.90 Å². The van der Waals surface area contributed by atoms with Gasteiger partial charge >= 0.3 is 5.97 Å². The van der Waals surface area contributed by atoms with Gasteiger partial charge < -0.3 is 5.11 Å². The number of aromatic nitrogens is 3. The van der Waals surface area contributed by atoms with Crippen LogP contribution in [0.25, 0.3) is 21.4 Å². The van der Waals surface area contributed by atoms with Crippen molar-refractivity contribution in [3.05, 3.63) is 40.8 Å². The Morgan fingerprint density at radius 3 is 2.74 bits per heavy atom. The highest BCUT2D eigenvalue weighted by molar-refractivity contribution is 7.15. The highest BCUT2D eigenvalue weighted by Gasteiger charge is 2.11. The average Bonchev–Trinajstić information content (AvgIpc) is 3.09. The monoisotopic (exact) mass is 289 g/mol. The van der Waals surface area contributed by atoms with Gasteiger partial charge in [-0.1, -0.05) is 0 Å². The predicted octanol–water partition coefficient (Wildman–Crippen LogP) is 3.03. The van der Waals surface area contributed by atoms with Crippen molar-refractivity contribution in [2.75, 3.05) is 0 Å². The van der Waals surface area contributed by atoms with Crippen LogP contribution in [0.1, 0.15) is 10.4 Å². The molecule has 0 unspecified atom stereocenters. The summed E-state index contributed by atoms with van der Waals surface area (Å²) >= 11 is 2.93. The first-order valence-electron chi connectivity index (χ1n) is 5.29. The molecule has 0 aliphatic heterocycles. The maximum absolute atomic E-state index is 10.9. The molecule has 0 spiro atoms. The number of hydrogen-bond donors (Lipinski definition) is 1. The van der Waals surface area contributed by atoms with Crippen LogP contribution in [-0.4, -0.2) is 26.0 Å². The van der Waals surface area contributed by atoms with Crippen molar-refractivity contribution in [1.29, 1.82) is 0 Å². The van der Waals surface area contributed by atoms with Crippen molar-refractivity contribution in [2.45, 2.75) is 0 Å². The smallest absolute Gasteiger partial charge is 0.335 e. The van der Waals surface area contributed by atoms with Crippen molar-refractivity contribution in [3.63, 3.8) is 0 Å². The SMILES string of the molecule is O=C(O)c1ccnc(-c2nc(-c3nccs3)cs2)c1. The number of carboxylic acid groups (broad SMARTS) is 1. The fourth-order valence-electron chi connectivity index (χ4n) is 1.52. The molecule has 0 radical (unpaired) electrons. The Labute approximate surface area is 116 Å². The summed E-state index contributed by atoms with van der Waals surface area (Å²) in [6, 6.07) is 2.98. The molecule has 19 heavy (non-hydrogen) atoms. The van der Waals surface area contributed by atoms with Crippen LogP contribution in [-0.2, 0) is 0 Å². The van der Waals surface area contributed by atoms with Gasteiger partial charge in [0.15, 0.2) is 0 Å². The van der Waals surface area contributed by atoms with Crippen LogP contribution in [0.5, 0.6) is 0 Å². The molecule has 7 heteroatoms. The number of pyridine rings is 1. The zero-order chi connectivity index (χ0) is 13.2. The number of nitrogens with zero attached hydrogens (tertiary/aromatic N) is 3. The molecule has 94 valence electrons. The van der Waals surface area contributed by atoms with Crippen LogP contribution in [0.4, 0.5) is 0 Å². The Kier molecular flexibility index (Phi) is 3.06. The predicted molar refractivity (Wildman–Crippen MR) is 73.4 cm³/mol. The Hall–Kier alpha value is -2.12. The second kappa shape index (κ2) is 4.87. The molecule has 0 saturated carbocycles. The quantitative estimate of drug-likeness (QED) is 0.802. The van der Waals surface area contributed by atoms with Crippen LogP contribution in [0.2, 0.25) is 0 Å². The molecule has 0 bridgehead atoms. The average molecular weight is 289 g/mol. The van der Waals surface area contributed by atoms with Gasteiger partial charge in [0.1, 0.15) is 15.7 Å². The summed E-state index contributed by atoms with van der Waals surface area (Å²) in [4.78, 5) is 23.7. The Bertz CT molecular complexity index is 722. The van der Waals surface area contributed by atoms with Crippen LogP contribution < -0.4 is 0 Å². The van der Waals surface area contributed by atoms with E-state index in [2.05, 4.69) is 15.0 Å². The molecule has 0 fully saturated rings. The topological polar surface area (TPSA) is 76.0 Å². The van der Waals surface area contributed by atoms with Gasteiger partial charge in [-0.2, -0.15) is 0 Å². The summed E-state index contributed by atoms with van der Waals surface area (Å²) in [5.41, 5.74) is 1.56. The zero-order valence-corrected chi connectivity index (χ0v) is 11.1. The zero-order valence-electron chi connectivity index (χ0n) is 9.48. The van der Waals surface area contributed by atoms with Gasteiger partial charge in [0, 0.05) is 23.2 Å². The molecule has 3 heterocycles. The lowest BCUT2D eigenvalue weighted by Crippen LogP contribution is -1.97. The summed E-state index contributed by atoms with van der Waals surface area (Å²) in [7, 11) is 0. The fourth-order valence-corrected chi connectivity index (χ4v) is 2.96. The summed E-state index contributed by atoms with van der Waals surface area (Å²) in [6.45, 7) is 0. The van der Waals surface area contributed by atoms with Crippen molar-refractivity contribution in [3.8, 4) is 21.4 Å². The molecule has 0 aromatic carbocycles. The molecule has 3 aromatic rings. The van der Waals surface area contributed by atoms with E-state index in [0.29, 0.717) is 10.7 Å². The van der Waals surface area contributed by atoms with Gasteiger partial charge in [-0.05, 0) is 12.1 Å². The van der Waals surface area contributed by atoms with Crippen molar-refractivity contribution >= 4 is 28.6 Å². The van der Waals surface area contributed by atoms with Gasteiger partial charge in [-0.25, -0.2) is 14.8 Å². The summed E-state index contributed by atoms with van der Waals surface area (Å²) < 4.78 is 0. The standard InChI is InChI=1S/C12H7N3O2S2/c16-12(17)7-1-2-13-8(5-7)11-15-9(6-19-11)10-14-3-4-18-10/h1-6H,(H,16,17).